The summed E-state index contributed by atoms with van der Waals surface area (Å²) < 4.78 is 31.7. The number of hydrogen-bond donors (Lipinski definition) is 3. The number of rotatable bonds is 5. The maximum Gasteiger partial charge on any atom is 0.229 e. The zero-order valence-corrected chi connectivity index (χ0v) is 21.2. The molecule has 3 atom stereocenters. The standard InChI is InChI=1S/C27H28F2N8O/c1-15-12-36(13-20(31)25(15)38)23-6-7-32-11-22(23)34-26-33-10-17-4-5-21(35-37(17)26)24-18(28)8-16(9-19(24)29)27(2,3)14-30/h4-11,15,20,25,38H,12-13,31H2,1-3H3,(H,33,34)/t15-,20+,25+/m0/s1. The third kappa shape index (κ3) is 4.53. The van der Waals surface area contributed by atoms with Gasteiger partial charge in [-0.2, -0.15) is 14.9 Å². The molecule has 0 aliphatic carbocycles. The number of pyridine rings is 1. The number of fused-ring (bicyclic) bond motifs is 1. The maximum absolute atomic E-state index is 15.1. The summed E-state index contributed by atoms with van der Waals surface area (Å²) in [6, 6.07) is 9.05. The van der Waals surface area contributed by atoms with Crippen LogP contribution >= 0.6 is 0 Å². The second kappa shape index (κ2) is 9.63. The molecule has 1 aromatic carbocycles. The fourth-order valence-electron chi connectivity index (χ4n) is 4.74. The SMILES string of the molecule is C[C@H]1CN(c2ccncc2Nc2ncc3ccc(-c4c(F)cc(C(C)(C)C#N)cc4F)nn23)C[C@@H](N)[C@@H]1O. The van der Waals surface area contributed by atoms with Gasteiger partial charge in [-0.05, 0) is 49.7 Å². The Kier molecular flexibility index (Phi) is 6.46. The highest BCUT2D eigenvalue weighted by Gasteiger charge is 2.32. The van der Waals surface area contributed by atoms with Gasteiger partial charge >= 0.3 is 0 Å². The summed E-state index contributed by atoms with van der Waals surface area (Å²) in [5.74, 6) is -1.31. The predicted molar refractivity (Wildman–Crippen MR) is 140 cm³/mol. The molecule has 0 saturated carbocycles. The number of aromatic nitrogens is 4. The van der Waals surface area contributed by atoms with Gasteiger partial charge in [0.1, 0.15) is 11.6 Å². The van der Waals surface area contributed by atoms with Gasteiger partial charge in [0.15, 0.2) is 0 Å². The molecule has 1 fully saturated rings. The monoisotopic (exact) mass is 518 g/mol. The number of piperidine rings is 1. The largest absolute Gasteiger partial charge is 0.391 e. The van der Waals surface area contributed by atoms with Crippen LogP contribution in [-0.2, 0) is 5.41 Å². The Balaban J connectivity index is 1.51. The van der Waals surface area contributed by atoms with Crippen LogP contribution in [0.15, 0.2) is 48.9 Å². The van der Waals surface area contributed by atoms with Gasteiger partial charge in [-0.25, -0.2) is 13.8 Å². The van der Waals surface area contributed by atoms with E-state index in [1.54, 1.807) is 38.5 Å². The van der Waals surface area contributed by atoms with Crippen LogP contribution in [0, 0.1) is 28.9 Å². The summed E-state index contributed by atoms with van der Waals surface area (Å²) in [6.45, 7) is 6.22. The van der Waals surface area contributed by atoms with E-state index < -0.39 is 29.2 Å². The third-order valence-corrected chi connectivity index (χ3v) is 7.03. The number of imidazole rings is 1. The molecule has 9 nitrogen and oxygen atoms in total. The van der Waals surface area contributed by atoms with E-state index in [4.69, 9.17) is 5.73 Å². The van der Waals surface area contributed by atoms with Gasteiger partial charge in [0.2, 0.25) is 5.95 Å². The van der Waals surface area contributed by atoms with Crippen molar-refractivity contribution < 1.29 is 13.9 Å². The Morgan fingerprint density at radius 3 is 2.58 bits per heavy atom. The highest BCUT2D eigenvalue weighted by molar-refractivity contribution is 5.74. The minimum absolute atomic E-state index is 0.0221. The van der Waals surface area contributed by atoms with Crippen molar-refractivity contribution in [2.24, 2.45) is 11.7 Å². The van der Waals surface area contributed by atoms with Gasteiger partial charge in [0.25, 0.3) is 0 Å². The van der Waals surface area contributed by atoms with Gasteiger partial charge in [-0.15, -0.1) is 0 Å². The molecule has 4 heterocycles. The van der Waals surface area contributed by atoms with Crippen LogP contribution in [0.1, 0.15) is 26.3 Å². The molecule has 1 saturated heterocycles. The number of aliphatic hydroxyl groups is 1. The van der Waals surface area contributed by atoms with E-state index in [0.717, 1.165) is 5.69 Å². The van der Waals surface area contributed by atoms with Crippen molar-refractivity contribution in [1.29, 1.82) is 5.26 Å². The molecule has 3 aromatic heterocycles. The van der Waals surface area contributed by atoms with Crippen molar-refractivity contribution in [2.45, 2.75) is 38.3 Å². The summed E-state index contributed by atoms with van der Waals surface area (Å²) in [7, 11) is 0. The molecule has 0 bridgehead atoms. The lowest BCUT2D eigenvalue weighted by Crippen LogP contribution is -2.55. The van der Waals surface area contributed by atoms with Crippen molar-refractivity contribution in [1.82, 2.24) is 19.6 Å². The lowest BCUT2D eigenvalue weighted by atomic mass is 9.85. The van der Waals surface area contributed by atoms with Crippen molar-refractivity contribution in [3.63, 3.8) is 0 Å². The lowest BCUT2D eigenvalue weighted by Gasteiger charge is -2.40. The number of aliphatic hydroxyl groups excluding tert-OH is 1. The Bertz CT molecular complexity index is 1510. The van der Waals surface area contributed by atoms with E-state index in [-0.39, 0.29) is 22.7 Å². The molecule has 0 unspecified atom stereocenters. The Labute approximate surface area is 218 Å². The molecule has 0 amide bonds. The topological polar surface area (TPSA) is 128 Å². The van der Waals surface area contributed by atoms with E-state index in [2.05, 4.69) is 31.4 Å². The molecule has 4 aromatic rings. The van der Waals surface area contributed by atoms with Crippen molar-refractivity contribution in [3.05, 3.63) is 66.1 Å². The van der Waals surface area contributed by atoms with Crippen LogP contribution in [0.5, 0.6) is 0 Å². The minimum Gasteiger partial charge on any atom is -0.391 e. The summed E-state index contributed by atoms with van der Waals surface area (Å²) in [5, 5.41) is 27.3. The van der Waals surface area contributed by atoms with Crippen molar-refractivity contribution in [3.8, 4) is 17.3 Å². The van der Waals surface area contributed by atoms with E-state index in [1.807, 2.05) is 13.0 Å². The molecule has 1 aliphatic rings. The molecule has 5 rings (SSSR count). The van der Waals surface area contributed by atoms with Gasteiger partial charge in [0.05, 0.1) is 58.1 Å². The molecule has 0 radical (unpaired) electrons. The molecule has 0 spiro atoms. The number of nitrogens with zero attached hydrogens (tertiary/aromatic N) is 6. The average molecular weight is 519 g/mol. The van der Waals surface area contributed by atoms with Gasteiger partial charge in [-0.3, -0.25) is 4.98 Å². The quantitative estimate of drug-likeness (QED) is 0.364. The summed E-state index contributed by atoms with van der Waals surface area (Å²) in [6.07, 6.45) is 4.33. The molecule has 4 N–H and O–H groups in total. The smallest absolute Gasteiger partial charge is 0.229 e. The zero-order chi connectivity index (χ0) is 27.2. The second-order valence-electron chi connectivity index (χ2n) is 10.2. The van der Waals surface area contributed by atoms with Crippen LogP contribution < -0.4 is 16.0 Å². The fourth-order valence-corrected chi connectivity index (χ4v) is 4.74. The fraction of sp³-hybridized carbons (Fsp3) is 0.333. The maximum atomic E-state index is 15.1. The van der Waals surface area contributed by atoms with Crippen LogP contribution in [0.25, 0.3) is 16.8 Å². The van der Waals surface area contributed by atoms with E-state index in [0.29, 0.717) is 30.2 Å². The predicted octanol–water partition coefficient (Wildman–Crippen LogP) is 3.76. The second-order valence-corrected chi connectivity index (χ2v) is 10.2. The van der Waals surface area contributed by atoms with E-state index in [9.17, 15) is 10.4 Å². The summed E-state index contributed by atoms with van der Waals surface area (Å²) >= 11 is 0. The lowest BCUT2D eigenvalue weighted by molar-refractivity contribution is 0.0785. The zero-order valence-electron chi connectivity index (χ0n) is 21.2. The normalized spacial score (nSPS) is 19.9. The van der Waals surface area contributed by atoms with Crippen molar-refractivity contribution >= 4 is 22.8 Å². The van der Waals surface area contributed by atoms with Gasteiger partial charge in [0, 0.05) is 31.2 Å². The molecule has 196 valence electrons. The van der Waals surface area contributed by atoms with Crippen LogP contribution in [0.4, 0.5) is 26.1 Å². The van der Waals surface area contributed by atoms with Crippen LogP contribution in [0.3, 0.4) is 0 Å². The number of nitrogens with one attached hydrogen (secondary N) is 1. The Morgan fingerprint density at radius 1 is 1.16 bits per heavy atom. The number of benzene rings is 1. The van der Waals surface area contributed by atoms with Gasteiger partial charge in [-0.1, -0.05) is 6.92 Å². The number of halogens is 2. The third-order valence-electron chi connectivity index (χ3n) is 7.03. The first-order chi connectivity index (χ1) is 18.1. The van der Waals surface area contributed by atoms with E-state index >= 15 is 8.78 Å². The van der Waals surface area contributed by atoms with Crippen LogP contribution in [-0.4, -0.2) is 49.9 Å². The number of hydrogen-bond acceptors (Lipinski definition) is 8. The average Bonchev–Trinajstić information content (AvgIpc) is 3.29. The Morgan fingerprint density at radius 2 is 1.89 bits per heavy atom. The number of nitriles is 1. The molecule has 38 heavy (non-hydrogen) atoms. The molecule has 11 heteroatoms. The molecular weight excluding hydrogens is 490 g/mol. The van der Waals surface area contributed by atoms with E-state index in [1.165, 1.54) is 22.7 Å². The molecular formula is C27H28F2N8O. The summed E-state index contributed by atoms with van der Waals surface area (Å²) in [4.78, 5) is 10.7. The van der Waals surface area contributed by atoms with Gasteiger partial charge < -0.3 is 21.1 Å². The first kappa shape index (κ1) is 25.5. The summed E-state index contributed by atoms with van der Waals surface area (Å²) in [5.41, 5.74) is 7.23. The highest BCUT2D eigenvalue weighted by atomic mass is 19.1. The Hall–Kier alpha value is -4.14. The van der Waals surface area contributed by atoms with Crippen molar-refractivity contribution in [2.75, 3.05) is 23.3 Å². The first-order valence-electron chi connectivity index (χ1n) is 12.2. The minimum atomic E-state index is -1.05. The number of nitrogens with two attached hydrogens (primary N) is 1. The number of anilines is 3. The first-order valence-corrected chi connectivity index (χ1v) is 12.2. The van der Waals surface area contributed by atoms with Crippen LogP contribution in [0.2, 0.25) is 0 Å². The molecule has 1 aliphatic heterocycles. The highest BCUT2D eigenvalue weighted by Crippen LogP contribution is 2.33.